The second-order valence-electron chi connectivity index (χ2n) is 3.37. The number of halogens is 2. The Morgan fingerprint density at radius 3 is 2.65 bits per heavy atom. The third-order valence-electron chi connectivity index (χ3n) is 1.92. The van der Waals surface area contributed by atoms with Crippen LogP contribution in [0.25, 0.3) is 0 Å². The zero-order chi connectivity index (χ0) is 13.0. The van der Waals surface area contributed by atoms with E-state index >= 15 is 0 Å². The number of carbonyl (C=O) groups is 2. The van der Waals surface area contributed by atoms with Crippen molar-refractivity contribution in [2.24, 2.45) is 0 Å². The predicted molar refractivity (Wildman–Crippen MR) is 68.4 cm³/mol. The summed E-state index contributed by atoms with van der Waals surface area (Å²) >= 11 is 6.54. The summed E-state index contributed by atoms with van der Waals surface area (Å²) in [5.41, 5.74) is 0.491. The zero-order valence-corrected chi connectivity index (χ0v) is 12.1. The predicted octanol–water partition coefficient (Wildman–Crippen LogP) is 2.26. The summed E-state index contributed by atoms with van der Waals surface area (Å²) in [5, 5.41) is 11.4. The van der Waals surface area contributed by atoms with Crippen LogP contribution in [0.2, 0.25) is 0 Å². The lowest BCUT2D eigenvalue weighted by Crippen LogP contribution is -2.29. The molecule has 1 aromatic heterocycles. The van der Waals surface area contributed by atoms with E-state index in [0.29, 0.717) is 10.2 Å². The summed E-state index contributed by atoms with van der Waals surface area (Å²) in [6.45, 7) is 1.33. The Morgan fingerprint density at radius 1 is 1.53 bits per heavy atom. The van der Waals surface area contributed by atoms with E-state index in [0.717, 1.165) is 4.47 Å². The van der Waals surface area contributed by atoms with Crippen molar-refractivity contribution in [2.75, 3.05) is 0 Å². The molecule has 1 atom stereocenters. The topological polar surface area (TPSA) is 79.3 Å². The van der Waals surface area contributed by atoms with Crippen molar-refractivity contribution in [3.63, 3.8) is 0 Å². The molecule has 1 rings (SSSR count). The maximum absolute atomic E-state index is 11.0. The van der Waals surface area contributed by atoms with Crippen LogP contribution in [0.1, 0.15) is 25.1 Å². The zero-order valence-electron chi connectivity index (χ0n) is 8.91. The molecule has 0 fully saturated rings. The van der Waals surface area contributed by atoms with Crippen LogP contribution in [-0.2, 0) is 9.59 Å². The van der Waals surface area contributed by atoms with Gasteiger partial charge in [-0.3, -0.25) is 14.6 Å². The highest BCUT2D eigenvalue weighted by atomic mass is 79.9. The van der Waals surface area contributed by atoms with Crippen molar-refractivity contribution in [3.8, 4) is 0 Å². The Labute approximate surface area is 115 Å². The van der Waals surface area contributed by atoms with Gasteiger partial charge in [0.05, 0.1) is 18.2 Å². The van der Waals surface area contributed by atoms with Gasteiger partial charge in [0.25, 0.3) is 0 Å². The van der Waals surface area contributed by atoms with Gasteiger partial charge in [0.1, 0.15) is 0 Å². The Bertz CT molecular complexity index is 435. The molecule has 1 heterocycles. The molecule has 7 heteroatoms. The third-order valence-corrected chi connectivity index (χ3v) is 2.99. The van der Waals surface area contributed by atoms with E-state index in [9.17, 15) is 9.59 Å². The molecule has 0 unspecified atom stereocenters. The molecule has 0 aromatic carbocycles. The average molecular weight is 366 g/mol. The second kappa shape index (κ2) is 6.11. The first kappa shape index (κ1) is 14.1. The Balaban J connectivity index is 3.02. The minimum Gasteiger partial charge on any atom is -0.481 e. The number of nitrogens with one attached hydrogen (secondary N) is 1. The number of aromatic nitrogens is 1. The van der Waals surface area contributed by atoms with Crippen LogP contribution >= 0.6 is 31.9 Å². The van der Waals surface area contributed by atoms with Crippen LogP contribution in [0, 0.1) is 0 Å². The molecule has 92 valence electrons. The fraction of sp³-hybridized carbons (Fsp3) is 0.300. The number of hydrogen-bond donors (Lipinski definition) is 2. The molecule has 17 heavy (non-hydrogen) atoms. The van der Waals surface area contributed by atoms with Gasteiger partial charge in [0.15, 0.2) is 0 Å². The molecular weight excluding hydrogens is 356 g/mol. The van der Waals surface area contributed by atoms with E-state index in [4.69, 9.17) is 5.11 Å². The molecule has 1 amide bonds. The van der Waals surface area contributed by atoms with Gasteiger partial charge in [0, 0.05) is 22.1 Å². The fourth-order valence-corrected chi connectivity index (χ4v) is 2.58. The molecular formula is C10H10Br2N2O3. The minimum atomic E-state index is -1.000. The van der Waals surface area contributed by atoms with Gasteiger partial charge < -0.3 is 10.4 Å². The highest BCUT2D eigenvalue weighted by Crippen LogP contribution is 2.26. The lowest BCUT2D eigenvalue weighted by Gasteiger charge is -2.16. The van der Waals surface area contributed by atoms with Crippen LogP contribution in [0.3, 0.4) is 0 Å². The van der Waals surface area contributed by atoms with Crippen molar-refractivity contribution in [1.82, 2.24) is 10.3 Å². The van der Waals surface area contributed by atoms with Crippen molar-refractivity contribution >= 4 is 43.7 Å². The van der Waals surface area contributed by atoms with E-state index in [1.807, 2.05) is 0 Å². The van der Waals surface area contributed by atoms with Gasteiger partial charge in [-0.05, 0) is 37.9 Å². The number of carbonyl (C=O) groups excluding carboxylic acids is 1. The number of carboxylic acids is 1. The quantitative estimate of drug-likeness (QED) is 0.857. The Morgan fingerprint density at radius 2 is 2.18 bits per heavy atom. The molecule has 0 aliphatic heterocycles. The van der Waals surface area contributed by atoms with Crippen LogP contribution in [0.5, 0.6) is 0 Å². The number of rotatable bonds is 4. The molecule has 0 aliphatic rings. The fourth-order valence-electron chi connectivity index (χ4n) is 1.32. The van der Waals surface area contributed by atoms with Crippen LogP contribution in [0.4, 0.5) is 0 Å². The monoisotopic (exact) mass is 364 g/mol. The molecule has 2 N–H and O–H groups in total. The summed E-state index contributed by atoms with van der Waals surface area (Å²) in [4.78, 5) is 25.9. The van der Waals surface area contributed by atoms with Gasteiger partial charge >= 0.3 is 5.97 Å². The maximum atomic E-state index is 11.0. The van der Waals surface area contributed by atoms with Crippen LogP contribution in [0.15, 0.2) is 21.2 Å². The summed E-state index contributed by atoms with van der Waals surface area (Å²) in [6, 6.07) is 1.10. The maximum Gasteiger partial charge on any atom is 0.305 e. The largest absolute Gasteiger partial charge is 0.481 e. The van der Waals surface area contributed by atoms with Crippen LogP contribution in [-0.4, -0.2) is 22.0 Å². The first-order valence-corrected chi connectivity index (χ1v) is 6.28. The molecule has 0 aliphatic carbocycles. The van der Waals surface area contributed by atoms with E-state index in [2.05, 4.69) is 42.2 Å². The standard InChI is InChI=1S/C10H10Br2N2O3/c1-5(15)14-8(3-9(16)17)10-7(12)2-6(11)4-13-10/h2,4,8H,3H2,1H3,(H,14,15)(H,16,17)/t8-/m1/s1. The number of hydrogen-bond acceptors (Lipinski definition) is 3. The molecule has 0 saturated heterocycles. The summed E-state index contributed by atoms with van der Waals surface area (Å²) in [5.74, 6) is -1.30. The SMILES string of the molecule is CC(=O)N[C@H](CC(=O)O)c1ncc(Br)cc1Br. The number of aliphatic carboxylic acids is 1. The molecule has 1 aromatic rings. The summed E-state index contributed by atoms with van der Waals surface area (Å²) in [7, 11) is 0. The third kappa shape index (κ3) is 4.43. The Kier molecular flexibility index (Phi) is 5.07. The summed E-state index contributed by atoms with van der Waals surface area (Å²) in [6.07, 6.45) is 1.34. The van der Waals surface area contributed by atoms with Crippen molar-refractivity contribution in [3.05, 3.63) is 26.9 Å². The second-order valence-corrected chi connectivity index (χ2v) is 5.14. The van der Waals surface area contributed by atoms with Gasteiger partial charge in [0.2, 0.25) is 5.91 Å². The number of nitrogens with zero attached hydrogens (tertiary/aromatic N) is 1. The molecule has 5 nitrogen and oxygen atoms in total. The smallest absolute Gasteiger partial charge is 0.305 e. The highest BCUT2D eigenvalue weighted by molar-refractivity contribution is 9.11. The molecule has 0 bridgehead atoms. The highest BCUT2D eigenvalue weighted by Gasteiger charge is 2.20. The first-order valence-electron chi connectivity index (χ1n) is 4.70. The normalized spacial score (nSPS) is 11.9. The van der Waals surface area contributed by atoms with E-state index < -0.39 is 12.0 Å². The van der Waals surface area contributed by atoms with E-state index in [1.54, 1.807) is 12.3 Å². The first-order chi connectivity index (χ1) is 7.90. The Hall–Kier alpha value is -0.950. The molecule has 0 radical (unpaired) electrons. The van der Waals surface area contributed by atoms with Crippen molar-refractivity contribution < 1.29 is 14.7 Å². The minimum absolute atomic E-state index is 0.215. The average Bonchev–Trinajstić information content (AvgIpc) is 2.14. The lowest BCUT2D eigenvalue weighted by molar-refractivity contribution is -0.137. The number of carboxylic acid groups (broad SMARTS) is 1. The van der Waals surface area contributed by atoms with Crippen molar-refractivity contribution in [2.45, 2.75) is 19.4 Å². The van der Waals surface area contributed by atoms with E-state index in [1.165, 1.54) is 6.92 Å². The van der Waals surface area contributed by atoms with Crippen LogP contribution < -0.4 is 5.32 Å². The molecule has 0 saturated carbocycles. The van der Waals surface area contributed by atoms with Crippen molar-refractivity contribution in [1.29, 1.82) is 0 Å². The van der Waals surface area contributed by atoms with Gasteiger partial charge in [-0.15, -0.1) is 0 Å². The van der Waals surface area contributed by atoms with Gasteiger partial charge in [-0.2, -0.15) is 0 Å². The van der Waals surface area contributed by atoms with Gasteiger partial charge in [-0.25, -0.2) is 0 Å². The summed E-state index contributed by atoms with van der Waals surface area (Å²) < 4.78 is 1.41. The lowest BCUT2D eigenvalue weighted by atomic mass is 10.1. The number of pyridine rings is 1. The molecule has 0 spiro atoms. The van der Waals surface area contributed by atoms with E-state index in [-0.39, 0.29) is 12.3 Å². The number of amides is 1. The van der Waals surface area contributed by atoms with Gasteiger partial charge in [-0.1, -0.05) is 0 Å².